The Morgan fingerprint density at radius 2 is 1.87 bits per heavy atom. The maximum Gasteiger partial charge on any atom is 0.237 e. The van der Waals surface area contributed by atoms with Crippen LogP contribution in [0.1, 0.15) is 30.9 Å². The molecule has 5 rings (SSSR count). The number of likely N-dealkylation sites (tertiary alicyclic amines) is 1. The van der Waals surface area contributed by atoms with Crippen LogP contribution in [0.2, 0.25) is 0 Å². The van der Waals surface area contributed by atoms with Crippen LogP contribution < -0.4 is 0 Å². The van der Waals surface area contributed by atoms with Gasteiger partial charge in [-0.2, -0.15) is 0 Å². The fraction of sp³-hybridized carbons (Fsp3) is 0.375. The maximum absolute atomic E-state index is 12.8. The number of carbonyl (C=O) groups excluding carboxylic acids is 1. The molecule has 4 aromatic rings. The largest absolute Gasteiger partial charge is 0.342 e. The van der Waals surface area contributed by atoms with E-state index in [2.05, 4.69) is 75.5 Å². The lowest BCUT2D eigenvalue weighted by Gasteiger charge is -2.30. The lowest BCUT2D eigenvalue weighted by molar-refractivity contribution is -0.130. The summed E-state index contributed by atoms with van der Waals surface area (Å²) in [4.78, 5) is 14.8. The standard InChI is InChI=1S/C24H27N5OS/c1-17-9-11-19(12-10-17)15-28-20-7-3-4-8-21(20)29-23(28)25-26-24(29)31-16-22(30)27-13-5-6-18(2)14-27/h3-4,7-12,18H,5-6,13-16H2,1-2H3/t18-/m1/s1. The SMILES string of the molecule is Cc1ccc(Cn2c3ccccc3n3c(SCC(=O)N4CCC[C@@H](C)C4)nnc23)cc1. The molecule has 0 spiro atoms. The highest BCUT2D eigenvalue weighted by Crippen LogP contribution is 2.27. The van der Waals surface area contributed by atoms with Gasteiger partial charge in [-0.3, -0.25) is 9.20 Å². The van der Waals surface area contributed by atoms with Crippen molar-refractivity contribution in [1.82, 2.24) is 24.1 Å². The molecule has 31 heavy (non-hydrogen) atoms. The molecular weight excluding hydrogens is 406 g/mol. The maximum atomic E-state index is 12.8. The molecule has 7 heteroatoms. The number of hydrogen-bond acceptors (Lipinski definition) is 4. The normalized spacial score (nSPS) is 17.0. The van der Waals surface area contributed by atoms with Gasteiger partial charge in [-0.15, -0.1) is 10.2 Å². The first kappa shape index (κ1) is 20.1. The molecule has 0 N–H and O–H groups in total. The molecule has 2 aromatic carbocycles. The fourth-order valence-corrected chi connectivity index (χ4v) is 5.24. The van der Waals surface area contributed by atoms with Crippen LogP contribution in [-0.4, -0.2) is 48.8 Å². The summed E-state index contributed by atoms with van der Waals surface area (Å²) in [6.45, 7) is 6.78. The van der Waals surface area contributed by atoms with Gasteiger partial charge in [0.05, 0.1) is 23.3 Å². The van der Waals surface area contributed by atoms with Crippen molar-refractivity contribution >= 4 is 34.5 Å². The van der Waals surface area contributed by atoms with Gasteiger partial charge in [0, 0.05) is 13.1 Å². The molecule has 0 unspecified atom stereocenters. The number of imidazole rings is 1. The Labute approximate surface area is 186 Å². The van der Waals surface area contributed by atoms with Gasteiger partial charge >= 0.3 is 0 Å². The lowest BCUT2D eigenvalue weighted by atomic mass is 10.0. The number of benzene rings is 2. The Bertz CT molecular complexity index is 1230. The number of nitrogens with zero attached hydrogens (tertiary/aromatic N) is 5. The number of fused-ring (bicyclic) bond motifs is 3. The van der Waals surface area contributed by atoms with Crippen molar-refractivity contribution in [1.29, 1.82) is 0 Å². The molecule has 0 bridgehead atoms. The van der Waals surface area contributed by atoms with E-state index in [1.165, 1.54) is 29.3 Å². The molecule has 0 radical (unpaired) electrons. The molecular formula is C24H27N5OS. The average molecular weight is 434 g/mol. The summed E-state index contributed by atoms with van der Waals surface area (Å²) in [5.74, 6) is 1.98. The van der Waals surface area contributed by atoms with Crippen LogP contribution >= 0.6 is 11.8 Å². The second-order valence-electron chi connectivity index (χ2n) is 8.55. The van der Waals surface area contributed by atoms with Crippen LogP contribution in [0, 0.1) is 12.8 Å². The van der Waals surface area contributed by atoms with E-state index in [1.807, 2.05) is 11.0 Å². The number of rotatable bonds is 5. The van der Waals surface area contributed by atoms with Gasteiger partial charge in [0.25, 0.3) is 0 Å². The van der Waals surface area contributed by atoms with E-state index < -0.39 is 0 Å². The van der Waals surface area contributed by atoms with Crippen molar-refractivity contribution in [2.24, 2.45) is 5.92 Å². The molecule has 1 amide bonds. The summed E-state index contributed by atoms with van der Waals surface area (Å²) in [5.41, 5.74) is 4.66. The van der Waals surface area contributed by atoms with Crippen molar-refractivity contribution in [2.75, 3.05) is 18.8 Å². The Balaban J connectivity index is 1.44. The van der Waals surface area contributed by atoms with Crippen molar-refractivity contribution in [3.63, 3.8) is 0 Å². The minimum absolute atomic E-state index is 0.191. The molecule has 1 fully saturated rings. The smallest absolute Gasteiger partial charge is 0.237 e. The van der Waals surface area contributed by atoms with E-state index in [1.54, 1.807) is 0 Å². The third-order valence-corrected chi connectivity index (χ3v) is 6.98. The summed E-state index contributed by atoms with van der Waals surface area (Å²) in [7, 11) is 0. The number of para-hydroxylation sites is 2. The zero-order valence-electron chi connectivity index (χ0n) is 18.0. The van der Waals surface area contributed by atoms with E-state index in [-0.39, 0.29) is 5.91 Å². The number of carbonyl (C=O) groups is 1. The average Bonchev–Trinajstić information content (AvgIpc) is 3.33. The minimum atomic E-state index is 0.191. The first-order valence-corrected chi connectivity index (χ1v) is 11.9. The number of amides is 1. The van der Waals surface area contributed by atoms with Crippen LogP contribution in [0.4, 0.5) is 0 Å². The van der Waals surface area contributed by atoms with Crippen LogP contribution in [0.5, 0.6) is 0 Å². The van der Waals surface area contributed by atoms with Crippen molar-refractivity contribution in [3.05, 3.63) is 59.7 Å². The number of aryl methyl sites for hydroxylation is 1. The fourth-order valence-electron chi connectivity index (χ4n) is 4.40. The predicted molar refractivity (Wildman–Crippen MR) is 124 cm³/mol. The van der Waals surface area contributed by atoms with E-state index in [9.17, 15) is 4.79 Å². The predicted octanol–water partition coefficient (Wildman–Crippen LogP) is 4.39. The van der Waals surface area contributed by atoms with Crippen LogP contribution in [0.15, 0.2) is 53.7 Å². The summed E-state index contributed by atoms with van der Waals surface area (Å²) < 4.78 is 4.28. The van der Waals surface area contributed by atoms with Crippen LogP contribution in [0.25, 0.3) is 16.8 Å². The molecule has 0 saturated carbocycles. The number of hydrogen-bond donors (Lipinski definition) is 0. The van der Waals surface area contributed by atoms with E-state index in [0.717, 1.165) is 48.0 Å². The minimum Gasteiger partial charge on any atom is -0.342 e. The zero-order valence-corrected chi connectivity index (χ0v) is 18.8. The Morgan fingerprint density at radius 3 is 2.65 bits per heavy atom. The van der Waals surface area contributed by atoms with Gasteiger partial charge in [-0.05, 0) is 43.4 Å². The van der Waals surface area contributed by atoms with Gasteiger partial charge in [-0.25, -0.2) is 0 Å². The van der Waals surface area contributed by atoms with Gasteiger partial charge in [0.1, 0.15) is 0 Å². The quantitative estimate of drug-likeness (QED) is 0.438. The summed E-state index contributed by atoms with van der Waals surface area (Å²) in [6, 6.07) is 16.9. The Morgan fingerprint density at radius 1 is 1.10 bits per heavy atom. The van der Waals surface area contributed by atoms with Crippen molar-refractivity contribution in [2.45, 2.75) is 38.4 Å². The number of aromatic nitrogens is 4. The highest BCUT2D eigenvalue weighted by atomic mass is 32.2. The molecule has 1 atom stereocenters. The second-order valence-corrected chi connectivity index (χ2v) is 9.50. The topological polar surface area (TPSA) is 55.4 Å². The third-order valence-electron chi connectivity index (χ3n) is 6.07. The second kappa shape index (κ2) is 8.38. The highest BCUT2D eigenvalue weighted by Gasteiger charge is 2.23. The first-order chi connectivity index (χ1) is 15.1. The van der Waals surface area contributed by atoms with Gasteiger partial charge < -0.3 is 9.47 Å². The number of piperidine rings is 1. The monoisotopic (exact) mass is 433 g/mol. The Hall–Kier alpha value is -2.80. The molecule has 6 nitrogen and oxygen atoms in total. The molecule has 1 saturated heterocycles. The lowest BCUT2D eigenvalue weighted by Crippen LogP contribution is -2.40. The van der Waals surface area contributed by atoms with Crippen LogP contribution in [0.3, 0.4) is 0 Å². The van der Waals surface area contributed by atoms with Gasteiger partial charge in [0.15, 0.2) is 5.16 Å². The molecule has 3 heterocycles. The molecule has 160 valence electrons. The summed E-state index contributed by atoms with van der Waals surface area (Å²) >= 11 is 1.48. The Kier molecular flexibility index (Phi) is 5.44. The number of thioether (sulfide) groups is 1. The van der Waals surface area contributed by atoms with Gasteiger partial charge in [0.2, 0.25) is 11.7 Å². The van der Waals surface area contributed by atoms with Crippen molar-refractivity contribution in [3.8, 4) is 0 Å². The molecule has 1 aliphatic heterocycles. The molecule has 1 aliphatic rings. The third kappa shape index (κ3) is 3.94. The van der Waals surface area contributed by atoms with Gasteiger partial charge in [-0.1, -0.05) is 60.6 Å². The van der Waals surface area contributed by atoms with E-state index in [4.69, 9.17) is 0 Å². The summed E-state index contributed by atoms with van der Waals surface area (Å²) in [6.07, 6.45) is 2.31. The van der Waals surface area contributed by atoms with Crippen molar-refractivity contribution < 1.29 is 4.79 Å². The zero-order chi connectivity index (χ0) is 21.4. The van der Waals surface area contributed by atoms with Crippen LogP contribution in [-0.2, 0) is 11.3 Å². The first-order valence-electron chi connectivity index (χ1n) is 10.9. The summed E-state index contributed by atoms with van der Waals surface area (Å²) in [5, 5.41) is 9.71. The van der Waals surface area contributed by atoms with E-state index in [0.29, 0.717) is 11.7 Å². The molecule has 0 aliphatic carbocycles. The highest BCUT2D eigenvalue weighted by molar-refractivity contribution is 7.99. The molecule has 2 aromatic heterocycles. The van der Waals surface area contributed by atoms with E-state index >= 15 is 0 Å².